The van der Waals surface area contributed by atoms with E-state index in [1.807, 2.05) is 17.0 Å². The number of rotatable bonds is 1. The smallest absolute Gasteiger partial charge is 0.255 e. The fourth-order valence-electron chi connectivity index (χ4n) is 2.83. The maximum absolute atomic E-state index is 12.3. The van der Waals surface area contributed by atoms with Crippen LogP contribution in [0.4, 0.5) is 0 Å². The Morgan fingerprint density at radius 3 is 2.53 bits per heavy atom. The lowest BCUT2D eigenvalue weighted by molar-refractivity contribution is 0.0782. The van der Waals surface area contributed by atoms with Crippen LogP contribution in [-0.4, -0.2) is 37.0 Å². The number of likely N-dealkylation sites (tertiary alicyclic amines) is 1. The largest absolute Gasteiger partial charge is 0.338 e. The summed E-state index contributed by atoms with van der Waals surface area (Å²) in [4.78, 5) is 14.3. The molecule has 2 aliphatic rings. The van der Waals surface area contributed by atoms with E-state index in [2.05, 4.69) is 5.32 Å². The van der Waals surface area contributed by atoms with Crippen LogP contribution in [0.1, 0.15) is 10.4 Å². The topological polar surface area (TPSA) is 32.3 Å². The number of carbonyl (C=O) groups excluding carboxylic acids is 1. The SMILES string of the molecule is O=C(c1ccccc1Cl)N1C[C@H]2CNC[C@@H]2C1. The van der Waals surface area contributed by atoms with Crippen molar-refractivity contribution < 1.29 is 4.79 Å². The van der Waals surface area contributed by atoms with Crippen molar-refractivity contribution in [3.05, 3.63) is 34.9 Å². The van der Waals surface area contributed by atoms with Gasteiger partial charge in [-0.3, -0.25) is 4.79 Å². The number of fused-ring (bicyclic) bond motifs is 1. The van der Waals surface area contributed by atoms with Crippen molar-refractivity contribution in [1.82, 2.24) is 10.2 Å². The van der Waals surface area contributed by atoms with Crippen LogP contribution >= 0.6 is 11.6 Å². The molecule has 0 saturated carbocycles. The van der Waals surface area contributed by atoms with E-state index >= 15 is 0 Å². The molecule has 0 aromatic heterocycles. The summed E-state index contributed by atoms with van der Waals surface area (Å²) < 4.78 is 0. The maximum Gasteiger partial charge on any atom is 0.255 e. The van der Waals surface area contributed by atoms with Gasteiger partial charge in [0.2, 0.25) is 0 Å². The van der Waals surface area contributed by atoms with Gasteiger partial charge in [-0.2, -0.15) is 0 Å². The molecule has 0 aliphatic carbocycles. The highest BCUT2D eigenvalue weighted by Crippen LogP contribution is 2.28. The Balaban J connectivity index is 1.78. The summed E-state index contributed by atoms with van der Waals surface area (Å²) in [5.41, 5.74) is 0.627. The van der Waals surface area contributed by atoms with Crippen LogP contribution in [-0.2, 0) is 0 Å². The van der Waals surface area contributed by atoms with Crippen molar-refractivity contribution in [2.24, 2.45) is 11.8 Å². The second-order valence-corrected chi connectivity index (χ2v) is 5.28. The van der Waals surface area contributed by atoms with E-state index in [1.54, 1.807) is 12.1 Å². The molecule has 4 heteroatoms. The number of amides is 1. The fraction of sp³-hybridized carbons (Fsp3) is 0.462. The van der Waals surface area contributed by atoms with Crippen molar-refractivity contribution in [1.29, 1.82) is 0 Å². The molecule has 3 nitrogen and oxygen atoms in total. The van der Waals surface area contributed by atoms with Gasteiger partial charge in [-0.1, -0.05) is 23.7 Å². The average molecular weight is 251 g/mol. The molecule has 1 aromatic rings. The molecule has 1 aromatic carbocycles. The van der Waals surface area contributed by atoms with Gasteiger partial charge in [-0.15, -0.1) is 0 Å². The summed E-state index contributed by atoms with van der Waals surface area (Å²) in [6.07, 6.45) is 0. The molecule has 2 atom stereocenters. The number of nitrogens with zero attached hydrogens (tertiary/aromatic N) is 1. The highest BCUT2D eigenvalue weighted by atomic mass is 35.5. The molecule has 1 N–H and O–H groups in total. The Labute approximate surface area is 106 Å². The first kappa shape index (κ1) is 11.1. The summed E-state index contributed by atoms with van der Waals surface area (Å²) in [6, 6.07) is 7.28. The number of hydrogen-bond acceptors (Lipinski definition) is 2. The van der Waals surface area contributed by atoms with Crippen LogP contribution in [0.2, 0.25) is 5.02 Å². The number of hydrogen-bond donors (Lipinski definition) is 1. The Kier molecular flexibility index (Phi) is 2.81. The van der Waals surface area contributed by atoms with Gasteiger partial charge in [-0.05, 0) is 24.0 Å². The Morgan fingerprint density at radius 1 is 1.24 bits per heavy atom. The predicted octanol–water partition coefficient (Wildman–Crippen LogP) is 1.63. The third-order valence-electron chi connectivity index (χ3n) is 3.78. The molecule has 0 unspecified atom stereocenters. The highest BCUT2D eigenvalue weighted by molar-refractivity contribution is 6.33. The zero-order valence-electron chi connectivity index (χ0n) is 9.53. The summed E-state index contributed by atoms with van der Waals surface area (Å²) in [5.74, 6) is 1.33. The minimum atomic E-state index is 0.0741. The lowest BCUT2D eigenvalue weighted by Gasteiger charge is -2.18. The molecule has 2 saturated heterocycles. The summed E-state index contributed by atoms with van der Waals surface area (Å²) in [5, 5.41) is 3.92. The van der Waals surface area contributed by atoms with Crippen LogP contribution < -0.4 is 5.32 Å². The van der Waals surface area contributed by atoms with E-state index in [1.165, 1.54) is 0 Å². The van der Waals surface area contributed by atoms with Crippen LogP contribution in [0.3, 0.4) is 0 Å². The Hall–Kier alpha value is -1.06. The minimum Gasteiger partial charge on any atom is -0.338 e. The third-order valence-corrected chi connectivity index (χ3v) is 4.11. The van der Waals surface area contributed by atoms with Crippen molar-refractivity contribution >= 4 is 17.5 Å². The van der Waals surface area contributed by atoms with E-state index in [-0.39, 0.29) is 5.91 Å². The van der Waals surface area contributed by atoms with Crippen LogP contribution in [0.5, 0.6) is 0 Å². The normalized spacial score (nSPS) is 27.2. The van der Waals surface area contributed by atoms with Gasteiger partial charge >= 0.3 is 0 Å². The van der Waals surface area contributed by atoms with Gasteiger partial charge in [0, 0.05) is 26.2 Å². The first-order valence-electron chi connectivity index (χ1n) is 6.00. The monoisotopic (exact) mass is 250 g/mol. The quantitative estimate of drug-likeness (QED) is 0.822. The Bertz CT molecular complexity index is 437. The zero-order valence-corrected chi connectivity index (χ0v) is 10.3. The van der Waals surface area contributed by atoms with Crippen molar-refractivity contribution in [3.63, 3.8) is 0 Å². The molecule has 0 spiro atoms. The van der Waals surface area contributed by atoms with E-state index in [9.17, 15) is 4.79 Å². The molecular weight excluding hydrogens is 236 g/mol. The Morgan fingerprint density at radius 2 is 1.88 bits per heavy atom. The average Bonchev–Trinajstić information content (AvgIpc) is 2.88. The lowest BCUT2D eigenvalue weighted by Crippen LogP contribution is -2.32. The molecule has 1 amide bonds. The molecule has 0 radical (unpaired) electrons. The number of carbonyl (C=O) groups is 1. The van der Waals surface area contributed by atoms with Gasteiger partial charge in [0.1, 0.15) is 0 Å². The number of nitrogens with one attached hydrogen (secondary N) is 1. The van der Waals surface area contributed by atoms with Gasteiger partial charge in [0.05, 0.1) is 10.6 Å². The van der Waals surface area contributed by atoms with E-state index in [4.69, 9.17) is 11.6 Å². The van der Waals surface area contributed by atoms with E-state index < -0.39 is 0 Å². The summed E-state index contributed by atoms with van der Waals surface area (Å²) in [7, 11) is 0. The maximum atomic E-state index is 12.3. The fourth-order valence-corrected chi connectivity index (χ4v) is 3.04. The second-order valence-electron chi connectivity index (χ2n) is 4.87. The van der Waals surface area contributed by atoms with Crippen LogP contribution in [0.15, 0.2) is 24.3 Å². The summed E-state index contributed by atoms with van der Waals surface area (Å²) >= 11 is 6.06. The first-order chi connectivity index (χ1) is 8.25. The zero-order chi connectivity index (χ0) is 11.8. The highest BCUT2D eigenvalue weighted by Gasteiger charge is 2.38. The van der Waals surface area contributed by atoms with Gasteiger partial charge in [0.25, 0.3) is 5.91 Å². The summed E-state index contributed by atoms with van der Waals surface area (Å²) in [6.45, 7) is 3.80. The number of benzene rings is 1. The van der Waals surface area contributed by atoms with E-state index in [0.29, 0.717) is 22.4 Å². The van der Waals surface area contributed by atoms with Crippen LogP contribution in [0, 0.1) is 11.8 Å². The predicted molar refractivity (Wildman–Crippen MR) is 67.2 cm³/mol. The van der Waals surface area contributed by atoms with Crippen LogP contribution in [0.25, 0.3) is 0 Å². The first-order valence-corrected chi connectivity index (χ1v) is 6.38. The second kappa shape index (κ2) is 4.31. The third kappa shape index (κ3) is 1.94. The molecule has 17 heavy (non-hydrogen) atoms. The van der Waals surface area contributed by atoms with Gasteiger partial charge in [-0.25, -0.2) is 0 Å². The molecule has 90 valence electrons. The number of halogens is 1. The van der Waals surface area contributed by atoms with E-state index in [0.717, 1.165) is 26.2 Å². The molecule has 2 heterocycles. The van der Waals surface area contributed by atoms with Gasteiger partial charge in [0.15, 0.2) is 0 Å². The van der Waals surface area contributed by atoms with Gasteiger partial charge < -0.3 is 10.2 Å². The van der Waals surface area contributed by atoms with Crippen molar-refractivity contribution in [2.45, 2.75) is 0 Å². The molecule has 2 aliphatic heterocycles. The molecule has 3 rings (SSSR count). The van der Waals surface area contributed by atoms with Crippen molar-refractivity contribution in [3.8, 4) is 0 Å². The lowest BCUT2D eigenvalue weighted by atomic mass is 10.0. The molecule has 0 bridgehead atoms. The minimum absolute atomic E-state index is 0.0741. The molecule has 2 fully saturated rings. The van der Waals surface area contributed by atoms with Crippen molar-refractivity contribution in [2.75, 3.05) is 26.2 Å². The molecular formula is C13H15ClN2O. The standard InChI is InChI=1S/C13H15ClN2O/c14-12-4-2-1-3-11(12)13(17)16-7-9-5-15-6-10(9)8-16/h1-4,9-10,15H,5-8H2/t9-,10-/m1/s1.